The summed E-state index contributed by atoms with van der Waals surface area (Å²) in [6, 6.07) is 1.88. The lowest BCUT2D eigenvalue weighted by atomic mass is 9.86. The summed E-state index contributed by atoms with van der Waals surface area (Å²) < 4.78 is 6.96. The van der Waals surface area contributed by atoms with Gasteiger partial charge in [0, 0.05) is 31.2 Å². The largest absolute Gasteiger partial charge is 0.444 e. The SMILES string of the molecule is CC(C)(C)OC(=O)NCC1CCC(NC(=O)c2nc(-n3ccnc3)nc3cc[nH]c23)CC1. The maximum Gasteiger partial charge on any atom is 0.407 e. The fourth-order valence-corrected chi connectivity index (χ4v) is 3.90. The summed E-state index contributed by atoms with van der Waals surface area (Å²) in [4.78, 5) is 41.0. The molecule has 0 atom stereocenters. The van der Waals surface area contributed by atoms with E-state index in [1.165, 1.54) is 0 Å². The topological polar surface area (TPSA) is 127 Å². The number of hydrogen-bond donors (Lipinski definition) is 3. The maximum atomic E-state index is 13.1. The zero-order valence-electron chi connectivity index (χ0n) is 18.6. The van der Waals surface area contributed by atoms with Crippen molar-refractivity contribution in [3.8, 4) is 5.95 Å². The van der Waals surface area contributed by atoms with Crippen LogP contribution in [0.2, 0.25) is 0 Å². The third kappa shape index (κ3) is 5.24. The third-order valence-corrected chi connectivity index (χ3v) is 5.46. The van der Waals surface area contributed by atoms with Crippen LogP contribution in [0, 0.1) is 5.92 Å². The van der Waals surface area contributed by atoms with E-state index in [0.717, 1.165) is 25.7 Å². The molecule has 1 aliphatic rings. The van der Waals surface area contributed by atoms with E-state index in [1.54, 1.807) is 29.5 Å². The van der Waals surface area contributed by atoms with Gasteiger partial charge in [-0.25, -0.2) is 19.7 Å². The van der Waals surface area contributed by atoms with Crippen molar-refractivity contribution in [2.24, 2.45) is 5.92 Å². The fourth-order valence-electron chi connectivity index (χ4n) is 3.90. The van der Waals surface area contributed by atoms with E-state index >= 15 is 0 Å². The van der Waals surface area contributed by atoms with Gasteiger partial charge in [0.25, 0.3) is 5.91 Å². The van der Waals surface area contributed by atoms with Crippen LogP contribution in [-0.2, 0) is 4.74 Å². The second kappa shape index (κ2) is 8.97. The van der Waals surface area contributed by atoms with Crippen LogP contribution in [0.1, 0.15) is 56.9 Å². The molecular weight excluding hydrogens is 410 g/mol. The van der Waals surface area contributed by atoms with Crippen LogP contribution >= 0.6 is 0 Å². The Bertz CT molecular complexity index is 1080. The molecule has 0 aromatic carbocycles. The highest BCUT2D eigenvalue weighted by Gasteiger charge is 2.26. The minimum Gasteiger partial charge on any atom is -0.444 e. The molecule has 2 amide bonds. The Balaban J connectivity index is 1.34. The van der Waals surface area contributed by atoms with E-state index in [9.17, 15) is 9.59 Å². The van der Waals surface area contributed by atoms with Crippen molar-refractivity contribution in [1.82, 2.24) is 35.1 Å². The van der Waals surface area contributed by atoms with E-state index in [2.05, 4.69) is 30.6 Å². The van der Waals surface area contributed by atoms with Crippen molar-refractivity contribution in [1.29, 1.82) is 0 Å². The molecule has 4 rings (SSSR count). The van der Waals surface area contributed by atoms with Gasteiger partial charge >= 0.3 is 6.09 Å². The molecule has 170 valence electrons. The number of hydrogen-bond acceptors (Lipinski definition) is 6. The van der Waals surface area contributed by atoms with Crippen molar-refractivity contribution < 1.29 is 14.3 Å². The summed E-state index contributed by atoms with van der Waals surface area (Å²) in [6.45, 7) is 6.12. The van der Waals surface area contributed by atoms with Crippen molar-refractivity contribution >= 4 is 23.0 Å². The number of amides is 2. The lowest BCUT2D eigenvalue weighted by Gasteiger charge is -2.29. The molecule has 0 radical (unpaired) electrons. The first kappa shape index (κ1) is 21.8. The van der Waals surface area contributed by atoms with Crippen LogP contribution in [-0.4, -0.2) is 54.7 Å². The molecule has 3 aromatic rings. The Kier molecular flexibility index (Phi) is 6.11. The molecule has 3 N–H and O–H groups in total. The standard InChI is InChI=1S/C22H29N7O3/c1-22(2,3)32-21(31)25-12-14-4-6-15(7-5-14)26-19(30)18-17-16(8-9-24-17)27-20(28-18)29-11-10-23-13-29/h8-11,13-15,24H,4-7,12H2,1-3H3,(H,25,31)(H,26,30). The van der Waals surface area contributed by atoms with Gasteiger partial charge in [0.1, 0.15) is 11.9 Å². The molecule has 32 heavy (non-hydrogen) atoms. The van der Waals surface area contributed by atoms with Crippen LogP contribution in [0.5, 0.6) is 0 Å². The first-order chi connectivity index (χ1) is 15.3. The molecule has 10 heteroatoms. The predicted molar refractivity (Wildman–Crippen MR) is 118 cm³/mol. The highest BCUT2D eigenvalue weighted by atomic mass is 16.6. The average Bonchev–Trinajstić information content (AvgIpc) is 3.43. The molecule has 0 bridgehead atoms. The Hall–Kier alpha value is -3.43. The second-order valence-corrected chi connectivity index (χ2v) is 9.15. The van der Waals surface area contributed by atoms with Crippen molar-refractivity contribution in [3.63, 3.8) is 0 Å². The summed E-state index contributed by atoms with van der Waals surface area (Å²) >= 11 is 0. The number of nitrogens with one attached hydrogen (secondary N) is 3. The molecule has 0 saturated heterocycles. The molecule has 0 aliphatic heterocycles. The Labute approximate surface area is 186 Å². The summed E-state index contributed by atoms with van der Waals surface area (Å²) in [5.74, 6) is 0.547. The van der Waals surface area contributed by atoms with Crippen molar-refractivity contribution in [3.05, 3.63) is 36.7 Å². The van der Waals surface area contributed by atoms with Gasteiger partial charge in [0.05, 0.1) is 11.0 Å². The second-order valence-electron chi connectivity index (χ2n) is 9.15. The number of aromatic nitrogens is 5. The first-order valence-electron chi connectivity index (χ1n) is 10.9. The van der Waals surface area contributed by atoms with Crippen LogP contribution in [0.25, 0.3) is 17.0 Å². The molecule has 0 unspecified atom stereocenters. The molecular formula is C22H29N7O3. The van der Waals surface area contributed by atoms with Gasteiger partial charge in [0.15, 0.2) is 5.69 Å². The number of fused-ring (bicyclic) bond motifs is 1. The van der Waals surface area contributed by atoms with E-state index in [-0.39, 0.29) is 18.0 Å². The van der Waals surface area contributed by atoms with Gasteiger partial charge < -0.3 is 20.4 Å². The third-order valence-electron chi connectivity index (χ3n) is 5.46. The maximum absolute atomic E-state index is 13.1. The Morgan fingerprint density at radius 2 is 2.00 bits per heavy atom. The zero-order valence-corrected chi connectivity index (χ0v) is 18.6. The average molecular weight is 440 g/mol. The molecule has 1 fully saturated rings. The normalized spacial score (nSPS) is 19.0. The van der Waals surface area contributed by atoms with Crippen LogP contribution in [0.15, 0.2) is 31.0 Å². The van der Waals surface area contributed by atoms with E-state index in [0.29, 0.717) is 35.1 Å². The van der Waals surface area contributed by atoms with E-state index in [1.807, 2.05) is 26.8 Å². The predicted octanol–water partition coefficient (Wildman–Crippen LogP) is 2.96. The highest BCUT2D eigenvalue weighted by Crippen LogP contribution is 2.25. The molecule has 3 aromatic heterocycles. The molecule has 3 heterocycles. The zero-order chi connectivity index (χ0) is 22.7. The van der Waals surface area contributed by atoms with Crippen LogP contribution in [0.3, 0.4) is 0 Å². The summed E-state index contributed by atoms with van der Waals surface area (Å²) in [7, 11) is 0. The molecule has 1 aliphatic carbocycles. The van der Waals surface area contributed by atoms with Crippen molar-refractivity contribution in [2.75, 3.05) is 6.54 Å². The van der Waals surface area contributed by atoms with E-state index < -0.39 is 5.60 Å². The monoisotopic (exact) mass is 439 g/mol. The number of imidazole rings is 1. The lowest BCUT2D eigenvalue weighted by molar-refractivity contribution is 0.0514. The fraction of sp³-hybridized carbons (Fsp3) is 0.500. The molecule has 10 nitrogen and oxygen atoms in total. The first-order valence-corrected chi connectivity index (χ1v) is 10.9. The summed E-state index contributed by atoms with van der Waals surface area (Å²) in [5.41, 5.74) is 1.10. The smallest absolute Gasteiger partial charge is 0.407 e. The molecule has 1 saturated carbocycles. The number of H-pyrrole nitrogens is 1. The Morgan fingerprint density at radius 1 is 1.22 bits per heavy atom. The van der Waals surface area contributed by atoms with Gasteiger partial charge in [-0.1, -0.05) is 0 Å². The van der Waals surface area contributed by atoms with E-state index in [4.69, 9.17) is 4.74 Å². The van der Waals surface area contributed by atoms with Crippen LogP contribution in [0.4, 0.5) is 4.79 Å². The van der Waals surface area contributed by atoms with Crippen molar-refractivity contribution in [2.45, 2.75) is 58.1 Å². The van der Waals surface area contributed by atoms with Gasteiger partial charge in [-0.05, 0) is 58.4 Å². The number of alkyl carbamates (subject to hydrolysis) is 1. The minimum absolute atomic E-state index is 0.0666. The van der Waals surface area contributed by atoms with Gasteiger partial charge in [-0.15, -0.1) is 0 Å². The quantitative estimate of drug-likeness (QED) is 0.561. The van der Waals surface area contributed by atoms with Gasteiger partial charge in [0.2, 0.25) is 5.95 Å². The number of carbonyl (C=O) groups excluding carboxylic acids is 2. The van der Waals surface area contributed by atoms with Crippen LogP contribution < -0.4 is 10.6 Å². The Morgan fingerprint density at radius 3 is 2.69 bits per heavy atom. The number of carbonyl (C=O) groups is 2. The van der Waals surface area contributed by atoms with Gasteiger partial charge in [-0.2, -0.15) is 0 Å². The number of aromatic amines is 1. The minimum atomic E-state index is -0.505. The molecule has 0 spiro atoms. The number of rotatable bonds is 5. The summed E-state index contributed by atoms with van der Waals surface area (Å²) in [5, 5.41) is 5.97. The summed E-state index contributed by atoms with van der Waals surface area (Å²) in [6.07, 6.45) is 9.87. The van der Waals surface area contributed by atoms with Gasteiger partial charge in [-0.3, -0.25) is 9.36 Å². The number of ether oxygens (including phenoxy) is 1. The highest BCUT2D eigenvalue weighted by molar-refractivity contribution is 6.03. The lowest BCUT2D eigenvalue weighted by Crippen LogP contribution is -2.41. The number of nitrogens with zero attached hydrogens (tertiary/aromatic N) is 4.